The zero-order valence-electron chi connectivity index (χ0n) is 21.5. The van der Waals surface area contributed by atoms with Crippen LogP contribution in [0.25, 0.3) is 10.2 Å². The van der Waals surface area contributed by atoms with Crippen molar-refractivity contribution in [3.63, 3.8) is 0 Å². The summed E-state index contributed by atoms with van der Waals surface area (Å²) in [7, 11) is -3.79. The van der Waals surface area contributed by atoms with Crippen molar-refractivity contribution < 1.29 is 32.2 Å². The summed E-state index contributed by atoms with van der Waals surface area (Å²) < 4.78 is 46.9. The predicted octanol–water partition coefficient (Wildman–Crippen LogP) is 3.53. The van der Waals surface area contributed by atoms with Crippen LogP contribution < -0.4 is 18.6 Å². The molecule has 0 atom stereocenters. The summed E-state index contributed by atoms with van der Waals surface area (Å²) in [6.07, 6.45) is 0.646. The molecule has 10 nitrogen and oxygen atoms in total. The van der Waals surface area contributed by atoms with Gasteiger partial charge in [-0.15, -0.1) is 0 Å². The van der Waals surface area contributed by atoms with E-state index in [4.69, 9.17) is 14.2 Å². The number of para-hydroxylation sites is 1. The molecule has 0 N–H and O–H groups in total. The largest absolute Gasteiger partial charge is 0.486 e. The first-order valence-corrected chi connectivity index (χ1v) is 15.0. The zero-order chi connectivity index (χ0) is 27.9. The third kappa shape index (κ3) is 4.73. The number of fused-ring (bicyclic) bond motifs is 3. The first-order valence-electron chi connectivity index (χ1n) is 12.7. The molecule has 12 heteroatoms. The van der Waals surface area contributed by atoms with Crippen LogP contribution in [0.15, 0.2) is 70.6 Å². The molecule has 206 valence electrons. The number of carbonyl (C=O) groups excluding carboxylic acids is 2. The van der Waals surface area contributed by atoms with E-state index in [1.54, 1.807) is 29.7 Å². The number of hydrogen-bond donors (Lipinski definition) is 0. The molecule has 0 fully saturated rings. The first kappa shape index (κ1) is 26.1. The molecule has 0 spiro atoms. The predicted molar refractivity (Wildman–Crippen MR) is 148 cm³/mol. The third-order valence-corrected chi connectivity index (χ3v) is 9.54. The Hall–Kier alpha value is -4.16. The number of ether oxygens (including phenoxy) is 3. The number of nitrogens with zero attached hydrogens (tertiary/aromatic N) is 3. The molecule has 0 unspecified atom stereocenters. The Balaban J connectivity index is 1.33. The van der Waals surface area contributed by atoms with Crippen molar-refractivity contribution in [1.29, 1.82) is 0 Å². The number of benzene rings is 3. The van der Waals surface area contributed by atoms with Gasteiger partial charge >= 0.3 is 5.97 Å². The average molecular weight is 580 g/mol. The van der Waals surface area contributed by atoms with Crippen LogP contribution in [0, 0.1) is 0 Å². The van der Waals surface area contributed by atoms with Crippen LogP contribution >= 0.6 is 11.3 Å². The maximum Gasteiger partial charge on any atom is 0.326 e. The van der Waals surface area contributed by atoms with E-state index in [1.807, 2.05) is 18.2 Å². The second kappa shape index (κ2) is 10.4. The molecule has 0 saturated heterocycles. The molecule has 3 aromatic carbocycles. The maximum atomic E-state index is 13.3. The smallest absolute Gasteiger partial charge is 0.326 e. The molecule has 40 heavy (non-hydrogen) atoms. The van der Waals surface area contributed by atoms with Gasteiger partial charge < -0.3 is 18.8 Å². The van der Waals surface area contributed by atoms with E-state index >= 15 is 0 Å². The number of esters is 1. The van der Waals surface area contributed by atoms with E-state index in [0.29, 0.717) is 53.7 Å². The Morgan fingerprint density at radius 3 is 2.50 bits per heavy atom. The van der Waals surface area contributed by atoms with E-state index in [0.717, 1.165) is 10.3 Å². The van der Waals surface area contributed by atoms with E-state index in [-0.39, 0.29) is 23.6 Å². The van der Waals surface area contributed by atoms with Gasteiger partial charge in [0, 0.05) is 24.2 Å². The van der Waals surface area contributed by atoms with Crippen LogP contribution in [0.3, 0.4) is 0 Å². The van der Waals surface area contributed by atoms with E-state index in [2.05, 4.69) is 4.99 Å². The van der Waals surface area contributed by atoms with Crippen LogP contribution in [0.5, 0.6) is 11.5 Å². The summed E-state index contributed by atoms with van der Waals surface area (Å²) in [4.78, 5) is 30.3. The molecule has 6 rings (SSSR count). The Bertz CT molecular complexity index is 1810. The lowest BCUT2D eigenvalue weighted by atomic mass is 10.2. The normalized spacial score (nSPS) is 14.8. The van der Waals surface area contributed by atoms with Crippen molar-refractivity contribution in [3.05, 3.63) is 76.6 Å². The number of thiazole rings is 1. The van der Waals surface area contributed by atoms with Crippen molar-refractivity contribution in [2.45, 2.75) is 24.8 Å². The number of aromatic nitrogens is 1. The second-order valence-corrected chi connectivity index (χ2v) is 12.0. The van der Waals surface area contributed by atoms with Gasteiger partial charge in [-0.1, -0.05) is 29.5 Å². The molecule has 2 aliphatic heterocycles. The molecule has 4 aromatic rings. The molecule has 0 bridgehead atoms. The van der Waals surface area contributed by atoms with Crippen LogP contribution in [0.4, 0.5) is 5.69 Å². The van der Waals surface area contributed by atoms with Crippen molar-refractivity contribution in [2.75, 3.05) is 30.7 Å². The number of carbonyl (C=O) groups is 2. The lowest BCUT2D eigenvalue weighted by Gasteiger charge is -2.19. The minimum absolute atomic E-state index is 0.0885. The van der Waals surface area contributed by atoms with Gasteiger partial charge in [-0.2, -0.15) is 4.99 Å². The molecule has 1 aromatic heterocycles. The lowest BCUT2D eigenvalue weighted by molar-refractivity contribution is -0.143. The Labute approximate surface area is 234 Å². The Morgan fingerprint density at radius 1 is 1.02 bits per heavy atom. The number of rotatable bonds is 6. The summed E-state index contributed by atoms with van der Waals surface area (Å²) in [6, 6.07) is 16.7. The fourth-order valence-corrected chi connectivity index (χ4v) is 7.33. The molecule has 3 heterocycles. The third-order valence-electron chi connectivity index (χ3n) is 6.67. The highest BCUT2D eigenvalue weighted by Crippen LogP contribution is 2.36. The topological polar surface area (TPSA) is 117 Å². The van der Waals surface area contributed by atoms with Gasteiger partial charge in [-0.3, -0.25) is 13.9 Å². The van der Waals surface area contributed by atoms with Gasteiger partial charge in [0.15, 0.2) is 16.3 Å². The van der Waals surface area contributed by atoms with Crippen LogP contribution in [0.2, 0.25) is 0 Å². The average Bonchev–Trinajstić information content (AvgIpc) is 3.54. The van der Waals surface area contributed by atoms with Crippen molar-refractivity contribution >= 4 is 49.1 Å². The summed E-state index contributed by atoms with van der Waals surface area (Å²) in [5.41, 5.74) is 2.52. The van der Waals surface area contributed by atoms with E-state index < -0.39 is 21.9 Å². The Morgan fingerprint density at radius 2 is 1.75 bits per heavy atom. The molecular weight excluding hydrogens is 554 g/mol. The van der Waals surface area contributed by atoms with Crippen LogP contribution in [-0.2, 0) is 32.5 Å². The molecule has 2 aliphatic rings. The van der Waals surface area contributed by atoms with Gasteiger partial charge in [0.05, 0.1) is 27.4 Å². The number of amides is 1. The number of sulfonamides is 1. The lowest BCUT2D eigenvalue weighted by Crippen LogP contribution is -2.29. The Kier molecular flexibility index (Phi) is 6.80. The SMILES string of the molecule is CCOC(=O)Cn1c(=NC(=O)c2ccc(S(=O)(=O)N3CCc4ccccc43)cc2)sc2cc3c(cc21)OCCO3. The minimum Gasteiger partial charge on any atom is -0.486 e. The number of hydrogen-bond acceptors (Lipinski definition) is 8. The molecule has 1 amide bonds. The molecule has 0 aliphatic carbocycles. The monoisotopic (exact) mass is 579 g/mol. The molecule has 0 saturated carbocycles. The summed E-state index contributed by atoms with van der Waals surface area (Å²) >= 11 is 1.23. The zero-order valence-corrected chi connectivity index (χ0v) is 23.2. The van der Waals surface area contributed by atoms with Gasteiger partial charge in [0.1, 0.15) is 19.8 Å². The standard InChI is InChI=1S/C28H25N3O7S2/c1-2-36-26(32)17-30-22-15-23-24(38-14-13-37-23)16-25(22)39-28(30)29-27(33)19-7-9-20(10-8-19)40(34,35)31-12-11-18-5-3-4-6-21(18)31/h3-10,15-16H,2,11-14,17H2,1H3. The van der Waals surface area contributed by atoms with Crippen molar-refractivity contribution in [1.82, 2.24) is 4.57 Å². The van der Waals surface area contributed by atoms with Gasteiger partial charge in [-0.05, 0) is 49.2 Å². The highest BCUT2D eigenvalue weighted by molar-refractivity contribution is 7.92. The highest BCUT2D eigenvalue weighted by atomic mass is 32.2. The van der Waals surface area contributed by atoms with Gasteiger partial charge in [0.25, 0.3) is 15.9 Å². The van der Waals surface area contributed by atoms with Crippen LogP contribution in [-0.4, -0.2) is 51.2 Å². The molecule has 0 radical (unpaired) electrons. The van der Waals surface area contributed by atoms with E-state index in [9.17, 15) is 18.0 Å². The summed E-state index contributed by atoms with van der Waals surface area (Å²) in [6.45, 7) is 3.00. The van der Waals surface area contributed by atoms with E-state index in [1.165, 1.54) is 39.9 Å². The van der Waals surface area contributed by atoms with Crippen molar-refractivity contribution in [3.8, 4) is 11.5 Å². The fraction of sp³-hybridized carbons (Fsp3) is 0.250. The highest BCUT2D eigenvalue weighted by Gasteiger charge is 2.30. The number of anilines is 1. The summed E-state index contributed by atoms with van der Waals surface area (Å²) in [5.74, 6) is 0.0870. The van der Waals surface area contributed by atoms with Crippen molar-refractivity contribution in [2.24, 2.45) is 4.99 Å². The minimum atomic E-state index is -3.79. The van der Waals surface area contributed by atoms with Gasteiger partial charge in [0.2, 0.25) is 0 Å². The fourth-order valence-electron chi connectivity index (χ4n) is 4.79. The summed E-state index contributed by atoms with van der Waals surface area (Å²) in [5, 5.41) is 0. The maximum absolute atomic E-state index is 13.3. The quantitative estimate of drug-likeness (QED) is 0.321. The molecular formula is C28H25N3O7S2. The second-order valence-electron chi connectivity index (χ2n) is 9.14. The van der Waals surface area contributed by atoms with Gasteiger partial charge in [-0.25, -0.2) is 8.42 Å². The first-order chi connectivity index (χ1) is 19.3. The van der Waals surface area contributed by atoms with Crippen LogP contribution in [0.1, 0.15) is 22.8 Å².